The van der Waals surface area contributed by atoms with E-state index >= 15 is 0 Å². The summed E-state index contributed by atoms with van der Waals surface area (Å²) in [5, 5.41) is 20.3. The maximum atomic E-state index is 11.4. The lowest BCUT2D eigenvalue weighted by Crippen LogP contribution is -2.55. The standard InChI is InChI=1S/C28H31N7O2/c1-2-24(27(36)37)34-15-13-33(14-16-34)22-10-8-21(9-11-22)31-28-29-17-20-18-30-35(26(20)32-28)25-12-7-19-5-3-4-6-23(19)25/h3-6,8-11,17-18,24-25H,2,7,12-16H2,1H3,(H,36,37)(H,29,31,32)/p-1. The van der Waals surface area contributed by atoms with Crippen LogP contribution in [0.3, 0.4) is 0 Å². The number of carboxylic acid groups (broad SMARTS) is 1. The van der Waals surface area contributed by atoms with Crippen LogP contribution in [-0.2, 0) is 11.2 Å². The lowest BCUT2D eigenvalue weighted by molar-refractivity contribution is -0.312. The van der Waals surface area contributed by atoms with Crippen molar-refractivity contribution in [1.82, 2.24) is 24.6 Å². The Morgan fingerprint density at radius 1 is 1.08 bits per heavy atom. The van der Waals surface area contributed by atoms with E-state index in [9.17, 15) is 9.90 Å². The van der Waals surface area contributed by atoms with Crippen molar-refractivity contribution >= 4 is 34.3 Å². The molecule has 1 saturated heterocycles. The Bertz CT molecular complexity index is 1410. The molecule has 6 rings (SSSR count). The molecule has 2 aliphatic rings. The van der Waals surface area contributed by atoms with E-state index in [2.05, 4.69) is 56.7 Å². The number of hydrogen-bond donors (Lipinski definition) is 1. The first-order valence-electron chi connectivity index (χ1n) is 13.0. The third-order valence-corrected chi connectivity index (χ3v) is 7.63. The van der Waals surface area contributed by atoms with Gasteiger partial charge < -0.3 is 20.1 Å². The summed E-state index contributed by atoms with van der Waals surface area (Å²) in [6.07, 6.45) is 6.29. The van der Waals surface area contributed by atoms with Gasteiger partial charge in [-0.2, -0.15) is 10.1 Å². The minimum atomic E-state index is -0.983. The average Bonchev–Trinajstić information content (AvgIpc) is 3.53. The summed E-state index contributed by atoms with van der Waals surface area (Å²) in [5.41, 5.74) is 5.55. The van der Waals surface area contributed by atoms with Crippen molar-refractivity contribution in [2.24, 2.45) is 0 Å². The number of aliphatic carboxylic acids is 1. The molecule has 0 spiro atoms. The van der Waals surface area contributed by atoms with Crippen molar-refractivity contribution in [3.05, 3.63) is 72.1 Å². The SMILES string of the molecule is CCC(C(=O)[O-])N1CCN(c2ccc(Nc3ncc4cnn(C5CCc6ccccc65)c4n3)cc2)CC1. The smallest absolute Gasteiger partial charge is 0.229 e. The minimum absolute atomic E-state index is 0.190. The lowest BCUT2D eigenvalue weighted by Gasteiger charge is -2.40. The number of hydrogen-bond acceptors (Lipinski definition) is 8. The van der Waals surface area contributed by atoms with Gasteiger partial charge in [0, 0.05) is 49.8 Å². The Kier molecular flexibility index (Phi) is 6.21. The number of aromatic nitrogens is 4. The molecule has 2 aromatic heterocycles. The molecule has 0 radical (unpaired) electrons. The van der Waals surface area contributed by atoms with Gasteiger partial charge >= 0.3 is 0 Å². The Balaban J connectivity index is 1.15. The average molecular weight is 497 g/mol. The molecule has 37 heavy (non-hydrogen) atoms. The number of rotatable bonds is 7. The van der Waals surface area contributed by atoms with Crippen LogP contribution in [-0.4, -0.2) is 62.8 Å². The first kappa shape index (κ1) is 23.4. The topological polar surface area (TPSA) is 102 Å². The van der Waals surface area contributed by atoms with Gasteiger partial charge in [-0.25, -0.2) is 9.67 Å². The fraction of sp³-hybridized carbons (Fsp3) is 0.357. The molecule has 0 saturated carbocycles. The van der Waals surface area contributed by atoms with E-state index in [1.165, 1.54) is 11.1 Å². The molecule has 9 nitrogen and oxygen atoms in total. The predicted octanol–water partition coefficient (Wildman–Crippen LogP) is 2.76. The number of benzene rings is 2. The highest BCUT2D eigenvalue weighted by atomic mass is 16.4. The van der Waals surface area contributed by atoms with Crippen LogP contribution in [0.5, 0.6) is 0 Å². The van der Waals surface area contributed by atoms with Crippen molar-refractivity contribution < 1.29 is 9.90 Å². The van der Waals surface area contributed by atoms with E-state index in [1.54, 1.807) is 0 Å². The Hall–Kier alpha value is -3.98. The number of carbonyl (C=O) groups excluding carboxylic acids is 1. The third-order valence-electron chi connectivity index (χ3n) is 7.63. The van der Waals surface area contributed by atoms with E-state index < -0.39 is 12.0 Å². The largest absolute Gasteiger partial charge is 0.548 e. The molecule has 0 bridgehead atoms. The molecule has 0 amide bonds. The molecule has 1 aliphatic carbocycles. The van der Waals surface area contributed by atoms with Gasteiger partial charge in [0.05, 0.1) is 23.6 Å². The van der Waals surface area contributed by atoms with Crippen molar-refractivity contribution in [3.63, 3.8) is 0 Å². The first-order valence-corrected chi connectivity index (χ1v) is 13.0. The number of nitrogens with zero attached hydrogens (tertiary/aromatic N) is 6. The summed E-state index contributed by atoms with van der Waals surface area (Å²) >= 11 is 0. The van der Waals surface area contributed by atoms with Crippen LogP contribution in [0, 0.1) is 0 Å². The zero-order valence-corrected chi connectivity index (χ0v) is 20.9. The van der Waals surface area contributed by atoms with Gasteiger partial charge in [0.1, 0.15) is 0 Å². The highest BCUT2D eigenvalue weighted by Crippen LogP contribution is 2.35. The molecule has 3 heterocycles. The van der Waals surface area contributed by atoms with Crippen LogP contribution < -0.4 is 15.3 Å². The number of carbonyl (C=O) groups is 1. The summed E-state index contributed by atoms with van der Waals surface area (Å²) in [7, 11) is 0. The molecular formula is C28H30N7O2-. The van der Waals surface area contributed by atoms with Crippen molar-refractivity contribution in [1.29, 1.82) is 0 Å². The highest BCUT2D eigenvalue weighted by Gasteiger charge is 2.26. The van der Waals surface area contributed by atoms with Crippen LogP contribution in [0.1, 0.15) is 36.9 Å². The number of fused-ring (bicyclic) bond motifs is 2. The number of anilines is 3. The quantitative estimate of drug-likeness (QED) is 0.417. The number of aryl methyl sites for hydroxylation is 1. The van der Waals surface area contributed by atoms with Crippen LogP contribution in [0.25, 0.3) is 11.0 Å². The third kappa shape index (κ3) is 4.51. The molecule has 2 atom stereocenters. The Labute approximate surface area is 215 Å². The maximum Gasteiger partial charge on any atom is 0.229 e. The summed E-state index contributed by atoms with van der Waals surface area (Å²) in [5.74, 6) is -0.447. The van der Waals surface area contributed by atoms with E-state index in [4.69, 9.17) is 4.98 Å². The van der Waals surface area contributed by atoms with E-state index in [-0.39, 0.29) is 6.04 Å². The molecule has 9 heteroatoms. The van der Waals surface area contributed by atoms with Gasteiger partial charge in [-0.05, 0) is 54.7 Å². The van der Waals surface area contributed by atoms with E-state index in [0.29, 0.717) is 25.5 Å². The monoisotopic (exact) mass is 496 g/mol. The fourth-order valence-electron chi connectivity index (χ4n) is 5.66. The maximum absolute atomic E-state index is 11.4. The predicted molar refractivity (Wildman–Crippen MR) is 141 cm³/mol. The zero-order chi connectivity index (χ0) is 25.4. The summed E-state index contributed by atoms with van der Waals surface area (Å²) in [6, 6.07) is 16.4. The van der Waals surface area contributed by atoms with Crippen molar-refractivity contribution in [3.8, 4) is 0 Å². The molecule has 190 valence electrons. The summed E-state index contributed by atoms with van der Waals surface area (Å²) < 4.78 is 2.03. The number of carboxylic acids is 1. The number of piperazine rings is 1. The molecule has 2 unspecified atom stereocenters. The second kappa shape index (κ2) is 9.82. The summed E-state index contributed by atoms with van der Waals surface area (Å²) in [4.78, 5) is 25.0. The van der Waals surface area contributed by atoms with E-state index in [1.807, 2.05) is 41.0 Å². The Morgan fingerprint density at radius 3 is 2.62 bits per heavy atom. The van der Waals surface area contributed by atoms with E-state index in [0.717, 1.165) is 48.3 Å². The first-order chi connectivity index (χ1) is 18.1. The second-order valence-electron chi connectivity index (χ2n) is 9.75. The van der Waals surface area contributed by atoms with Gasteiger partial charge in [-0.3, -0.25) is 4.90 Å². The van der Waals surface area contributed by atoms with Crippen LogP contribution in [0.15, 0.2) is 60.9 Å². The Morgan fingerprint density at radius 2 is 1.86 bits per heavy atom. The fourth-order valence-corrected chi connectivity index (χ4v) is 5.66. The van der Waals surface area contributed by atoms with Crippen LogP contribution in [0.2, 0.25) is 0 Å². The minimum Gasteiger partial charge on any atom is -0.548 e. The number of nitrogens with one attached hydrogen (secondary N) is 1. The lowest BCUT2D eigenvalue weighted by atomic mass is 10.1. The molecular weight excluding hydrogens is 466 g/mol. The highest BCUT2D eigenvalue weighted by molar-refractivity contribution is 5.76. The molecule has 2 aromatic carbocycles. The second-order valence-corrected chi connectivity index (χ2v) is 9.75. The molecule has 1 aliphatic heterocycles. The van der Waals surface area contributed by atoms with Gasteiger partial charge in [0.2, 0.25) is 5.95 Å². The van der Waals surface area contributed by atoms with Gasteiger partial charge in [0.15, 0.2) is 5.65 Å². The van der Waals surface area contributed by atoms with Gasteiger partial charge in [-0.1, -0.05) is 31.2 Å². The van der Waals surface area contributed by atoms with Crippen LogP contribution >= 0.6 is 0 Å². The van der Waals surface area contributed by atoms with Gasteiger partial charge in [-0.15, -0.1) is 0 Å². The normalized spacial score (nSPS) is 18.6. The molecule has 4 aromatic rings. The van der Waals surface area contributed by atoms with Crippen molar-refractivity contribution in [2.45, 2.75) is 38.3 Å². The van der Waals surface area contributed by atoms with Gasteiger partial charge in [0.25, 0.3) is 0 Å². The summed E-state index contributed by atoms with van der Waals surface area (Å²) in [6.45, 7) is 4.87. The van der Waals surface area contributed by atoms with Crippen LogP contribution in [0.4, 0.5) is 17.3 Å². The molecule has 1 fully saturated rings. The zero-order valence-electron chi connectivity index (χ0n) is 20.9. The molecule has 1 N–H and O–H groups in total. The van der Waals surface area contributed by atoms with Crippen molar-refractivity contribution in [2.75, 3.05) is 36.4 Å².